The molecule has 7 heteroatoms. The molecule has 0 bridgehead atoms. The quantitative estimate of drug-likeness (QED) is 0.761. The zero-order valence-corrected chi connectivity index (χ0v) is 10.3. The zero-order chi connectivity index (χ0) is 13.0. The third kappa shape index (κ3) is 2.67. The third-order valence-electron chi connectivity index (χ3n) is 2.59. The molecular formula is C11H16N4O3. The highest BCUT2D eigenvalue weighted by molar-refractivity contribution is 5.93. The van der Waals surface area contributed by atoms with Crippen molar-refractivity contribution in [1.29, 1.82) is 0 Å². The normalized spacial score (nSPS) is 15.5. The van der Waals surface area contributed by atoms with E-state index in [2.05, 4.69) is 9.97 Å². The van der Waals surface area contributed by atoms with Crippen molar-refractivity contribution in [2.45, 2.75) is 6.92 Å². The van der Waals surface area contributed by atoms with Gasteiger partial charge in [-0.05, 0) is 6.92 Å². The fourth-order valence-electron chi connectivity index (χ4n) is 1.67. The van der Waals surface area contributed by atoms with Crippen molar-refractivity contribution >= 4 is 17.7 Å². The average Bonchev–Trinajstić information content (AvgIpc) is 2.40. The number of hydrogen-bond acceptors (Lipinski definition) is 7. The molecule has 0 atom stereocenters. The highest BCUT2D eigenvalue weighted by atomic mass is 16.5. The Hall–Kier alpha value is -1.89. The van der Waals surface area contributed by atoms with Crippen LogP contribution in [0.15, 0.2) is 6.20 Å². The average molecular weight is 252 g/mol. The number of esters is 1. The number of carbonyl (C=O) groups excluding carboxylic acids is 1. The number of aromatic nitrogens is 2. The van der Waals surface area contributed by atoms with Gasteiger partial charge in [0.05, 0.1) is 19.8 Å². The lowest BCUT2D eigenvalue weighted by molar-refractivity contribution is 0.0526. The van der Waals surface area contributed by atoms with E-state index >= 15 is 0 Å². The minimum absolute atomic E-state index is 0.143. The van der Waals surface area contributed by atoms with Crippen LogP contribution in [0.3, 0.4) is 0 Å². The van der Waals surface area contributed by atoms with E-state index in [1.807, 2.05) is 4.90 Å². The van der Waals surface area contributed by atoms with Crippen molar-refractivity contribution in [3.63, 3.8) is 0 Å². The second-order valence-corrected chi connectivity index (χ2v) is 3.79. The van der Waals surface area contributed by atoms with E-state index in [-0.39, 0.29) is 11.4 Å². The number of morpholine rings is 1. The number of hydrogen-bond donors (Lipinski definition) is 1. The van der Waals surface area contributed by atoms with Crippen LogP contribution in [0.25, 0.3) is 0 Å². The van der Waals surface area contributed by atoms with Gasteiger partial charge in [0.25, 0.3) is 0 Å². The van der Waals surface area contributed by atoms with Gasteiger partial charge in [-0.1, -0.05) is 0 Å². The molecule has 0 aliphatic carbocycles. The van der Waals surface area contributed by atoms with Crippen molar-refractivity contribution in [2.75, 3.05) is 43.5 Å². The van der Waals surface area contributed by atoms with Crippen LogP contribution in [0.4, 0.5) is 11.8 Å². The van der Waals surface area contributed by atoms with Gasteiger partial charge in [0.2, 0.25) is 5.95 Å². The molecule has 0 aromatic carbocycles. The fraction of sp³-hybridized carbons (Fsp3) is 0.545. The van der Waals surface area contributed by atoms with Gasteiger partial charge in [-0.25, -0.2) is 9.78 Å². The molecule has 2 heterocycles. The Bertz CT molecular complexity index is 432. The van der Waals surface area contributed by atoms with Crippen LogP contribution < -0.4 is 10.6 Å². The Kier molecular flexibility index (Phi) is 3.93. The van der Waals surface area contributed by atoms with Crippen LogP contribution in [-0.2, 0) is 9.47 Å². The monoisotopic (exact) mass is 252 g/mol. The van der Waals surface area contributed by atoms with E-state index in [1.165, 1.54) is 6.20 Å². The maximum atomic E-state index is 11.5. The number of rotatable bonds is 3. The predicted octanol–water partition coefficient (Wildman–Crippen LogP) is 0.0721. The van der Waals surface area contributed by atoms with Gasteiger partial charge in [0.15, 0.2) is 0 Å². The van der Waals surface area contributed by atoms with Gasteiger partial charge < -0.3 is 20.1 Å². The number of carbonyl (C=O) groups is 1. The molecule has 98 valence electrons. The molecule has 0 unspecified atom stereocenters. The van der Waals surface area contributed by atoms with Gasteiger partial charge in [0.1, 0.15) is 11.4 Å². The Morgan fingerprint density at radius 2 is 2.28 bits per heavy atom. The topological polar surface area (TPSA) is 90.6 Å². The van der Waals surface area contributed by atoms with Crippen molar-refractivity contribution in [3.8, 4) is 0 Å². The maximum absolute atomic E-state index is 11.5. The number of nitrogen functional groups attached to an aromatic ring is 1. The number of anilines is 2. The van der Waals surface area contributed by atoms with E-state index in [4.69, 9.17) is 15.2 Å². The van der Waals surface area contributed by atoms with E-state index in [1.54, 1.807) is 6.92 Å². The molecule has 0 amide bonds. The smallest absolute Gasteiger partial charge is 0.343 e. The summed E-state index contributed by atoms with van der Waals surface area (Å²) in [5.74, 6) is 0.164. The van der Waals surface area contributed by atoms with Crippen molar-refractivity contribution in [3.05, 3.63) is 11.8 Å². The predicted molar refractivity (Wildman–Crippen MR) is 65.4 cm³/mol. The molecule has 2 N–H and O–H groups in total. The van der Waals surface area contributed by atoms with Gasteiger partial charge in [-0.3, -0.25) is 0 Å². The fourth-order valence-corrected chi connectivity index (χ4v) is 1.67. The Morgan fingerprint density at radius 1 is 1.56 bits per heavy atom. The van der Waals surface area contributed by atoms with Crippen LogP contribution in [0, 0.1) is 0 Å². The number of nitrogens with zero attached hydrogens (tertiary/aromatic N) is 3. The summed E-state index contributed by atoms with van der Waals surface area (Å²) in [4.78, 5) is 21.8. The van der Waals surface area contributed by atoms with Crippen LogP contribution in [0.2, 0.25) is 0 Å². The third-order valence-corrected chi connectivity index (χ3v) is 2.59. The first-order valence-corrected chi connectivity index (χ1v) is 5.84. The molecule has 18 heavy (non-hydrogen) atoms. The first kappa shape index (κ1) is 12.6. The van der Waals surface area contributed by atoms with Crippen LogP contribution in [-0.4, -0.2) is 48.8 Å². The minimum atomic E-state index is -0.497. The molecule has 1 fully saturated rings. The highest BCUT2D eigenvalue weighted by Gasteiger charge is 2.18. The lowest BCUT2D eigenvalue weighted by atomic mass is 10.3. The lowest BCUT2D eigenvalue weighted by Crippen LogP contribution is -2.37. The molecule has 1 aliphatic rings. The zero-order valence-electron chi connectivity index (χ0n) is 10.3. The van der Waals surface area contributed by atoms with Crippen LogP contribution >= 0.6 is 0 Å². The molecule has 0 radical (unpaired) electrons. The molecule has 1 saturated heterocycles. The summed E-state index contributed by atoms with van der Waals surface area (Å²) < 4.78 is 10.1. The highest BCUT2D eigenvalue weighted by Crippen LogP contribution is 2.15. The summed E-state index contributed by atoms with van der Waals surface area (Å²) in [5.41, 5.74) is 5.95. The summed E-state index contributed by atoms with van der Waals surface area (Å²) in [6.45, 7) is 4.75. The molecule has 1 aliphatic heterocycles. The second-order valence-electron chi connectivity index (χ2n) is 3.79. The Balaban J connectivity index is 2.16. The molecule has 2 rings (SSSR count). The summed E-state index contributed by atoms with van der Waals surface area (Å²) >= 11 is 0. The summed E-state index contributed by atoms with van der Waals surface area (Å²) in [7, 11) is 0. The standard InChI is InChI=1S/C11H16N4O3/c1-2-18-10(16)8-7-13-11(14-9(8)12)15-3-5-17-6-4-15/h7H,2-6H2,1H3,(H2,12,13,14). The van der Waals surface area contributed by atoms with E-state index < -0.39 is 5.97 Å². The number of nitrogens with two attached hydrogens (primary N) is 1. The number of ether oxygens (including phenoxy) is 2. The van der Waals surface area contributed by atoms with E-state index in [0.29, 0.717) is 25.8 Å². The Morgan fingerprint density at radius 3 is 2.89 bits per heavy atom. The summed E-state index contributed by atoms with van der Waals surface area (Å²) in [6, 6.07) is 0. The van der Waals surface area contributed by atoms with Gasteiger partial charge in [-0.15, -0.1) is 0 Å². The molecule has 0 spiro atoms. The van der Waals surface area contributed by atoms with Gasteiger partial charge in [-0.2, -0.15) is 4.98 Å². The largest absolute Gasteiger partial charge is 0.462 e. The second kappa shape index (κ2) is 5.63. The Labute approximate surface area is 105 Å². The van der Waals surface area contributed by atoms with Crippen molar-refractivity contribution in [1.82, 2.24) is 9.97 Å². The lowest BCUT2D eigenvalue weighted by Gasteiger charge is -2.26. The molecule has 1 aromatic rings. The molecule has 1 aromatic heterocycles. The van der Waals surface area contributed by atoms with Crippen molar-refractivity contribution in [2.24, 2.45) is 0 Å². The first-order chi connectivity index (χ1) is 8.72. The molecular weight excluding hydrogens is 236 g/mol. The summed E-state index contributed by atoms with van der Waals surface area (Å²) in [5, 5.41) is 0. The molecule has 7 nitrogen and oxygen atoms in total. The van der Waals surface area contributed by atoms with Crippen LogP contribution in [0.5, 0.6) is 0 Å². The van der Waals surface area contributed by atoms with Gasteiger partial charge >= 0.3 is 5.97 Å². The SMILES string of the molecule is CCOC(=O)c1cnc(N2CCOCC2)nc1N. The van der Waals surface area contributed by atoms with Crippen LogP contribution in [0.1, 0.15) is 17.3 Å². The first-order valence-electron chi connectivity index (χ1n) is 5.84. The maximum Gasteiger partial charge on any atom is 0.343 e. The van der Waals surface area contributed by atoms with E-state index in [9.17, 15) is 4.79 Å². The summed E-state index contributed by atoms with van der Waals surface area (Å²) in [6.07, 6.45) is 1.41. The molecule has 0 saturated carbocycles. The minimum Gasteiger partial charge on any atom is -0.462 e. The van der Waals surface area contributed by atoms with Crippen molar-refractivity contribution < 1.29 is 14.3 Å². The van der Waals surface area contributed by atoms with E-state index in [0.717, 1.165) is 13.1 Å². The van der Waals surface area contributed by atoms with Gasteiger partial charge in [0, 0.05) is 19.3 Å².